The van der Waals surface area contributed by atoms with E-state index in [0.717, 1.165) is 29.0 Å². The number of aromatic nitrogens is 4. The van der Waals surface area contributed by atoms with Gasteiger partial charge in [-0.1, -0.05) is 13.8 Å². The molecule has 1 aliphatic rings. The first kappa shape index (κ1) is 48.2. The van der Waals surface area contributed by atoms with E-state index in [1.165, 1.54) is 13.8 Å². The number of carbonyl (C=O) groups is 4. The van der Waals surface area contributed by atoms with E-state index < -0.39 is 84.6 Å². The van der Waals surface area contributed by atoms with E-state index in [-0.39, 0.29) is 66.0 Å². The van der Waals surface area contributed by atoms with Crippen molar-refractivity contribution in [3.05, 3.63) is 12.7 Å². The van der Waals surface area contributed by atoms with E-state index in [9.17, 15) is 62.7 Å². The molecule has 0 saturated carbocycles. The summed E-state index contributed by atoms with van der Waals surface area (Å²) in [6.45, 7) is 0.308. The second kappa shape index (κ2) is 20.7. The van der Waals surface area contributed by atoms with Gasteiger partial charge >= 0.3 is 132 Å². The molecule has 2 aromatic rings. The number of ether oxygens (including phenoxy) is 1. The number of phosphoric ester groups is 3. The van der Waals surface area contributed by atoms with Crippen LogP contribution in [0.15, 0.2) is 12.7 Å². The minimum atomic E-state index is -5.58. The number of phosphoric acid groups is 3. The summed E-state index contributed by atoms with van der Waals surface area (Å²) in [6.07, 6.45) is -6.93. The van der Waals surface area contributed by atoms with E-state index in [2.05, 4.69) is 51.3 Å². The predicted octanol–water partition coefficient (Wildman–Crippen LogP) is -1.40. The summed E-state index contributed by atoms with van der Waals surface area (Å²) in [6, 6.07) is 0. The van der Waals surface area contributed by atoms with Gasteiger partial charge < -0.3 is 45.6 Å². The second-order valence-electron chi connectivity index (χ2n) is 12.5. The van der Waals surface area contributed by atoms with Crippen molar-refractivity contribution in [2.24, 2.45) is 5.41 Å². The van der Waals surface area contributed by atoms with Crippen molar-refractivity contribution in [3.63, 3.8) is 0 Å². The predicted molar refractivity (Wildman–Crippen MR) is 192 cm³/mol. The molecule has 0 spiro atoms. The number of nitrogens with two attached hydrogens (primary N) is 1. The van der Waals surface area contributed by atoms with Crippen molar-refractivity contribution < 1.29 is 85.3 Å². The summed E-state index contributed by atoms with van der Waals surface area (Å²) in [7, 11) is -16.4. The van der Waals surface area contributed by atoms with Crippen LogP contribution in [-0.2, 0) is 55.5 Å². The van der Waals surface area contributed by atoms with Crippen molar-refractivity contribution in [1.29, 1.82) is 0 Å². The van der Waals surface area contributed by atoms with E-state index in [1.807, 2.05) is 0 Å². The molecule has 1 fully saturated rings. The standard InChI is InChI=1S/C26H41AsN7O18P3S/c1-26(2,21(39)24(40)30-6-4-16(36)29-7-8-56-17(37)9-14(35)3-5-27)11-49-55(46,47)52-54(44,45)48-10-15-20(51-53(41,42)43)19(38)25(50-15)34-13-33-18-22(28)31-12-32-23(18)34/h12-13,15,19-21,25,38-39H,3-11H2,1-2H3,(H,29,36)(H,30,40)(H,44,45)(H,46,47)(H2,28,31,32)(H2,41,42,43)/t15-,19-,20-,21+,25-/m1/s1. The number of fused-ring (bicyclic) bond motifs is 1. The van der Waals surface area contributed by atoms with E-state index >= 15 is 0 Å². The zero-order valence-electron chi connectivity index (χ0n) is 29.6. The molecular weight excluding hydrogens is 898 g/mol. The van der Waals surface area contributed by atoms with E-state index in [1.54, 1.807) is 0 Å². The molecule has 7 atom stereocenters. The maximum absolute atomic E-state index is 12.7. The number of hydrogen-bond donors (Lipinski definition) is 9. The normalized spacial score (nSPS) is 21.6. The van der Waals surface area contributed by atoms with Crippen LogP contribution in [0.3, 0.4) is 0 Å². The van der Waals surface area contributed by atoms with Crippen LogP contribution in [0, 0.1) is 5.41 Å². The maximum atomic E-state index is 12.7. The average Bonchev–Trinajstić information content (AvgIpc) is 3.64. The average molecular weight is 940 g/mol. The van der Waals surface area contributed by atoms with Gasteiger partial charge in [0, 0.05) is 5.41 Å². The van der Waals surface area contributed by atoms with E-state index in [4.69, 9.17) is 19.5 Å². The number of imidazole rings is 1. The number of amides is 2. The summed E-state index contributed by atoms with van der Waals surface area (Å²) in [5.74, 6) is -1.49. The van der Waals surface area contributed by atoms with Crippen LogP contribution in [-0.4, -0.2) is 145 Å². The third kappa shape index (κ3) is 14.9. The molecule has 2 amide bonds. The zero-order chi connectivity index (χ0) is 42.1. The SMILES string of the molecule is CC(C)(COP(=O)(O)OP(=O)(O)OC[C@H]1O[C@@H](n2cnc3c(N)ncnc32)[C@H](O)[C@@H]1OP(=O)(O)O)[C@@H](O)C(=O)NCCC(=O)NCCSC(=O)CC(=O)CC[As]. The summed E-state index contributed by atoms with van der Waals surface area (Å²) < 4.78 is 62.0. The number of aliphatic hydroxyl groups excluding tert-OH is 2. The molecule has 30 heteroatoms. The molecule has 3 rings (SSSR count). The molecule has 0 aliphatic carbocycles. The Balaban J connectivity index is 1.48. The van der Waals surface area contributed by atoms with Gasteiger partial charge in [0.1, 0.15) is 36.3 Å². The summed E-state index contributed by atoms with van der Waals surface area (Å²) >= 11 is 3.15. The molecule has 1 aliphatic heterocycles. The van der Waals surface area contributed by atoms with Crippen LogP contribution in [0.4, 0.5) is 5.82 Å². The first-order chi connectivity index (χ1) is 25.9. The Labute approximate surface area is 331 Å². The number of nitrogen functional groups attached to an aromatic ring is 1. The van der Waals surface area contributed by atoms with Gasteiger partial charge in [-0.2, -0.15) is 4.31 Å². The van der Waals surface area contributed by atoms with Crippen LogP contribution < -0.4 is 16.4 Å². The summed E-state index contributed by atoms with van der Waals surface area (Å²) in [4.78, 5) is 98.7. The third-order valence-corrected chi connectivity index (χ3v) is 11.9. The number of aliphatic hydroxyl groups is 2. The van der Waals surface area contributed by atoms with Gasteiger partial charge in [0.15, 0.2) is 17.7 Å². The van der Waals surface area contributed by atoms with Crippen LogP contribution in [0.25, 0.3) is 11.2 Å². The first-order valence-electron chi connectivity index (χ1n) is 16.1. The van der Waals surface area contributed by atoms with Crippen LogP contribution in [0.1, 0.15) is 39.3 Å². The molecule has 2 aromatic heterocycles. The Morgan fingerprint density at radius 2 is 1.73 bits per heavy atom. The molecule has 2 unspecified atom stereocenters. The van der Waals surface area contributed by atoms with Gasteiger partial charge in [-0.25, -0.2) is 28.6 Å². The van der Waals surface area contributed by atoms with Gasteiger partial charge in [-0.05, 0) is 0 Å². The van der Waals surface area contributed by atoms with Crippen LogP contribution in [0.2, 0.25) is 5.21 Å². The van der Waals surface area contributed by atoms with Gasteiger partial charge in [0.2, 0.25) is 5.91 Å². The Bertz CT molecular complexity index is 1870. The number of hydrogen-bond acceptors (Lipinski definition) is 19. The minimum absolute atomic E-state index is 0.0242. The Morgan fingerprint density at radius 3 is 2.39 bits per heavy atom. The van der Waals surface area contributed by atoms with Crippen molar-refractivity contribution in [2.75, 3.05) is 37.8 Å². The Hall–Kier alpha value is -2.21. The van der Waals surface area contributed by atoms with Gasteiger partial charge in [0.05, 0.1) is 19.5 Å². The monoisotopic (exact) mass is 939 g/mol. The number of carbonyl (C=O) groups excluding carboxylic acids is 4. The summed E-state index contributed by atoms with van der Waals surface area (Å²) in [5.41, 5.74) is 4.22. The molecule has 0 aromatic carbocycles. The van der Waals surface area contributed by atoms with Crippen molar-refractivity contribution in [1.82, 2.24) is 30.2 Å². The zero-order valence-corrected chi connectivity index (χ0v) is 34.9. The molecule has 3 heterocycles. The van der Waals surface area contributed by atoms with Gasteiger partial charge in [-0.3, -0.25) is 22.9 Å². The first-order valence-corrected chi connectivity index (χ1v) is 23.0. The number of anilines is 1. The topological polar surface area (TPSA) is 381 Å². The molecule has 25 nitrogen and oxygen atoms in total. The number of Topliss-reactive ketones (excluding diaryl/α,β-unsaturated/α-hetero) is 1. The Kier molecular flexibility index (Phi) is 17.8. The van der Waals surface area contributed by atoms with Crippen molar-refractivity contribution >= 4 is 91.8 Å². The summed E-state index contributed by atoms with van der Waals surface area (Å²) in [5, 5.41) is 26.5. The van der Waals surface area contributed by atoms with Gasteiger partial charge in [-0.15, -0.1) is 0 Å². The molecule has 56 heavy (non-hydrogen) atoms. The number of rotatable bonds is 23. The number of nitrogens with one attached hydrogen (secondary N) is 2. The molecule has 1 saturated heterocycles. The fraction of sp³-hybridized carbons (Fsp3) is 0.654. The fourth-order valence-electron chi connectivity index (χ4n) is 4.72. The second-order valence-corrected chi connectivity index (χ2v) is 18.8. The van der Waals surface area contributed by atoms with Crippen molar-refractivity contribution in [3.8, 4) is 0 Å². The Morgan fingerprint density at radius 1 is 1.05 bits per heavy atom. The third-order valence-electron chi connectivity index (χ3n) is 7.50. The molecule has 0 bridgehead atoms. The molecule has 10 N–H and O–H groups in total. The van der Waals surface area contributed by atoms with Crippen LogP contribution in [0.5, 0.6) is 0 Å². The molecule has 314 valence electrons. The molecule has 2 radical (unpaired) electrons. The van der Waals surface area contributed by atoms with Crippen molar-refractivity contribution in [2.45, 2.75) is 69.0 Å². The van der Waals surface area contributed by atoms with Gasteiger partial charge in [0.25, 0.3) is 0 Å². The number of ketones is 1. The molecular formula is C26H41AsN7O18P3S. The number of nitrogens with zero attached hydrogens (tertiary/aromatic N) is 4. The number of thioether (sulfide) groups is 1. The van der Waals surface area contributed by atoms with Crippen LogP contribution >= 0.6 is 35.2 Å². The van der Waals surface area contributed by atoms with E-state index in [0.29, 0.717) is 5.21 Å². The fourth-order valence-corrected chi connectivity index (χ4v) is 8.77. The quantitative estimate of drug-likeness (QED) is 0.0268.